The van der Waals surface area contributed by atoms with Crippen molar-refractivity contribution >= 4 is 37.5 Å². The number of thiazole rings is 1. The number of hydrogen-bond acceptors (Lipinski definition) is 4. The van der Waals surface area contributed by atoms with E-state index in [1.54, 1.807) is 6.07 Å². The van der Waals surface area contributed by atoms with Crippen LogP contribution >= 0.6 is 11.3 Å². The quantitative estimate of drug-likeness (QED) is 0.862. The Bertz CT molecular complexity index is 879. The predicted molar refractivity (Wildman–Crippen MR) is 91.6 cm³/mol. The van der Waals surface area contributed by atoms with Crippen molar-refractivity contribution in [2.24, 2.45) is 10.1 Å². The lowest BCUT2D eigenvalue weighted by atomic mass is 10.2. The van der Waals surface area contributed by atoms with Gasteiger partial charge in [0.25, 0.3) is 0 Å². The van der Waals surface area contributed by atoms with Gasteiger partial charge in [0.05, 0.1) is 15.1 Å². The van der Waals surface area contributed by atoms with Crippen molar-refractivity contribution in [3.63, 3.8) is 0 Å². The molecule has 0 unspecified atom stereocenters. The molecule has 1 aromatic carbocycles. The molecule has 2 aromatic rings. The number of carbonyl (C=O) groups excluding carboxylic acids is 1. The summed E-state index contributed by atoms with van der Waals surface area (Å²) in [6.45, 7) is 4.78. The van der Waals surface area contributed by atoms with Crippen LogP contribution < -0.4 is 9.94 Å². The van der Waals surface area contributed by atoms with E-state index in [1.165, 1.54) is 23.5 Å². The number of nitrogens with zero attached hydrogens (tertiary/aromatic N) is 2. The number of amides is 1. The summed E-state index contributed by atoms with van der Waals surface area (Å²) in [5, 5.41) is 5.18. The first-order chi connectivity index (χ1) is 10.9. The van der Waals surface area contributed by atoms with Crippen LogP contribution in [0.25, 0.3) is 10.2 Å². The molecule has 0 saturated carbocycles. The molecule has 0 aliphatic rings. The zero-order valence-electron chi connectivity index (χ0n) is 13.3. The lowest BCUT2D eigenvalue weighted by molar-refractivity contribution is -0.118. The average molecular weight is 355 g/mol. The Balaban J connectivity index is 2.57. The summed E-state index contributed by atoms with van der Waals surface area (Å²) < 4.78 is 25.7. The van der Waals surface area contributed by atoms with Crippen LogP contribution in [0.15, 0.2) is 28.1 Å². The number of primary sulfonamides is 1. The third-order valence-electron chi connectivity index (χ3n) is 3.39. The minimum atomic E-state index is -3.75. The second kappa shape index (κ2) is 7.37. The van der Waals surface area contributed by atoms with Crippen molar-refractivity contribution in [3.05, 3.63) is 23.0 Å². The third kappa shape index (κ3) is 4.27. The van der Waals surface area contributed by atoms with Crippen LogP contribution in [0, 0.1) is 0 Å². The molecule has 2 rings (SSSR count). The fourth-order valence-corrected chi connectivity index (χ4v) is 3.97. The minimum absolute atomic E-state index is 0.0683. The zero-order valence-corrected chi connectivity index (χ0v) is 14.9. The number of benzene rings is 1. The largest absolute Gasteiger partial charge is 0.316 e. The second-order valence-electron chi connectivity index (χ2n) is 5.32. The smallest absolute Gasteiger partial charge is 0.248 e. The predicted octanol–water partition coefficient (Wildman–Crippen LogP) is 2.38. The van der Waals surface area contributed by atoms with Crippen molar-refractivity contribution in [2.75, 3.05) is 0 Å². The topological polar surface area (TPSA) is 94.5 Å². The fourth-order valence-electron chi connectivity index (χ4n) is 2.25. The molecule has 0 atom stereocenters. The molecule has 1 aromatic heterocycles. The molecule has 0 bridgehead atoms. The molecule has 0 spiro atoms. The first kappa shape index (κ1) is 17.8. The Morgan fingerprint density at radius 3 is 2.65 bits per heavy atom. The van der Waals surface area contributed by atoms with Gasteiger partial charge in [0.15, 0.2) is 4.80 Å². The zero-order chi connectivity index (χ0) is 17.0. The highest BCUT2D eigenvalue weighted by Crippen LogP contribution is 2.21. The maximum atomic E-state index is 11.9. The molecule has 0 saturated heterocycles. The highest BCUT2D eigenvalue weighted by Gasteiger charge is 2.12. The molecule has 2 N–H and O–H groups in total. The van der Waals surface area contributed by atoms with Gasteiger partial charge in [0, 0.05) is 13.0 Å². The molecule has 1 amide bonds. The number of sulfonamides is 1. The number of aryl methyl sites for hydroxylation is 1. The van der Waals surface area contributed by atoms with E-state index < -0.39 is 10.0 Å². The number of nitrogens with two attached hydrogens (primary N) is 1. The van der Waals surface area contributed by atoms with Crippen LogP contribution in [0.3, 0.4) is 0 Å². The van der Waals surface area contributed by atoms with Crippen molar-refractivity contribution in [1.82, 2.24) is 4.57 Å². The number of carbonyl (C=O) groups is 1. The highest BCUT2D eigenvalue weighted by molar-refractivity contribution is 7.89. The molecule has 23 heavy (non-hydrogen) atoms. The summed E-state index contributed by atoms with van der Waals surface area (Å²) in [4.78, 5) is 16.8. The van der Waals surface area contributed by atoms with E-state index in [2.05, 4.69) is 4.99 Å². The number of fused-ring (bicyclic) bond motifs is 1. The van der Waals surface area contributed by atoms with Gasteiger partial charge in [-0.1, -0.05) is 31.6 Å². The van der Waals surface area contributed by atoms with Gasteiger partial charge in [-0.3, -0.25) is 4.79 Å². The van der Waals surface area contributed by atoms with Crippen LogP contribution in [-0.2, 0) is 21.4 Å². The Morgan fingerprint density at radius 2 is 2.04 bits per heavy atom. The normalized spacial score (nSPS) is 12.9. The molecular formula is C15H21N3O3S2. The van der Waals surface area contributed by atoms with Gasteiger partial charge in [-0.25, -0.2) is 13.6 Å². The first-order valence-electron chi connectivity index (χ1n) is 7.60. The Labute approximate surface area is 139 Å². The van der Waals surface area contributed by atoms with Gasteiger partial charge >= 0.3 is 0 Å². The van der Waals surface area contributed by atoms with E-state index in [4.69, 9.17) is 5.14 Å². The van der Waals surface area contributed by atoms with Crippen molar-refractivity contribution in [2.45, 2.75) is 51.0 Å². The number of hydrogen-bond donors (Lipinski definition) is 1. The maximum Gasteiger partial charge on any atom is 0.248 e. The van der Waals surface area contributed by atoms with E-state index in [9.17, 15) is 13.2 Å². The van der Waals surface area contributed by atoms with Gasteiger partial charge in [-0.2, -0.15) is 4.99 Å². The minimum Gasteiger partial charge on any atom is -0.316 e. The molecule has 0 aliphatic carbocycles. The standard InChI is InChI=1S/C15H21N3O3S2/c1-3-5-6-14(19)17-15-18(9-4-2)12-8-7-11(23(16,20)21)10-13(12)22-15/h7-8,10H,3-6,9H2,1-2H3,(H2,16,20,21). The Kier molecular flexibility index (Phi) is 5.72. The van der Waals surface area contributed by atoms with Crippen LogP contribution in [-0.4, -0.2) is 18.9 Å². The van der Waals surface area contributed by atoms with Crippen molar-refractivity contribution in [3.8, 4) is 0 Å². The molecule has 8 heteroatoms. The fraction of sp³-hybridized carbons (Fsp3) is 0.467. The molecule has 0 fully saturated rings. The van der Waals surface area contributed by atoms with E-state index in [1.807, 2.05) is 18.4 Å². The summed E-state index contributed by atoms with van der Waals surface area (Å²) in [7, 11) is -3.75. The number of unbranched alkanes of at least 4 members (excludes halogenated alkanes) is 1. The van der Waals surface area contributed by atoms with Gasteiger partial charge < -0.3 is 4.57 Å². The van der Waals surface area contributed by atoms with Crippen LogP contribution in [0.4, 0.5) is 0 Å². The molecule has 0 aliphatic heterocycles. The van der Waals surface area contributed by atoms with Gasteiger partial charge in [-0.15, -0.1) is 0 Å². The SMILES string of the molecule is CCCCC(=O)N=c1sc2cc(S(N)(=O)=O)ccc2n1CCC. The second-order valence-corrected chi connectivity index (χ2v) is 7.89. The van der Waals surface area contributed by atoms with Crippen molar-refractivity contribution in [1.29, 1.82) is 0 Å². The summed E-state index contributed by atoms with van der Waals surface area (Å²) in [5.74, 6) is -0.144. The molecular weight excluding hydrogens is 334 g/mol. The molecule has 0 radical (unpaired) electrons. The van der Waals surface area contributed by atoms with Crippen LogP contribution in [0.5, 0.6) is 0 Å². The molecule has 1 heterocycles. The lowest BCUT2D eigenvalue weighted by Gasteiger charge is -2.03. The Morgan fingerprint density at radius 1 is 1.30 bits per heavy atom. The third-order valence-corrected chi connectivity index (χ3v) is 5.35. The number of aromatic nitrogens is 1. The van der Waals surface area contributed by atoms with E-state index in [0.29, 0.717) is 17.8 Å². The van der Waals surface area contributed by atoms with Gasteiger partial charge in [0.1, 0.15) is 0 Å². The van der Waals surface area contributed by atoms with Crippen LogP contribution in [0.2, 0.25) is 0 Å². The van der Waals surface area contributed by atoms with Crippen LogP contribution in [0.1, 0.15) is 39.5 Å². The molecule has 6 nitrogen and oxygen atoms in total. The lowest BCUT2D eigenvalue weighted by Crippen LogP contribution is -2.16. The summed E-state index contributed by atoms with van der Waals surface area (Å²) in [6, 6.07) is 4.74. The summed E-state index contributed by atoms with van der Waals surface area (Å²) in [6.07, 6.45) is 3.08. The summed E-state index contributed by atoms with van der Waals surface area (Å²) in [5.41, 5.74) is 0.867. The van der Waals surface area contributed by atoms with E-state index >= 15 is 0 Å². The van der Waals surface area contributed by atoms with Gasteiger partial charge in [-0.05, 0) is 31.0 Å². The van der Waals surface area contributed by atoms with E-state index in [0.717, 1.165) is 29.5 Å². The highest BCUT2D eigenvalue weighted by atomic mass is 32.2. The average Bonchev–Trinajstić information content (AvgIpc) is 2.81. The summed E-state index contributed by atoms with van der Waals surface area (Å²) >= 11 is 1.31. The monoisotopic (exact) mass is 355 g/mol. The molecule has 126 valence electrons. The number of rotatable bonds is 6. The first-order valence-corrected chi connectivity index (χ1v) is 9.96. The van der Waals surface area contributed by atoms with Gasteiger partial charge in [0.2, 0.25) is 15.9 Å². The van der Waals surface area contributed by atoms with E-state index in [-0.39, 0.29) is 10.8 Å². The maximum absolute atomic E-state index is 11.9. The Hall–Kier alpha value is -1.51. The van der Waals surface area contributed by atoms with Crippen molar-refractivity contribution < 1.29 is 13.2 Å².